The lowest BCUT2D eigenvalue weighted by Gasteiger charge is -2.43. The standard InChI is InChI=1S/C17H33NO/c1-3-18-16(15-11-7-8-12-15)17(19-4-2)13-9-5-6-10-14-17/h15-16,18H,3-14H2,1-2H3. The molecule has 2 saturated carbocycles. The molecule has 0 saturated heterocycles. The van der Waals surface area contributed by atoms with E-state index in [4.69, 9.17) is 4.74 Å². The zero-order valence-electron chi connectivity index (χ0n) is 13.0. The van der Waals surface area contributed by atoms with Gasteiger partial charge in [0.1, 0.15) is 0 Å². The average molecular weight is 267 g/mol. The maximum atomic E-state index is 6.42. The number of ether oxygens (including phenoxy) is 1. The van der Waals surface area contributed by atoms with E-state index in [0.29, 0.717) is 6.04 Å². The second-order valence-electron chi connectivity index (χ2n) is 6.49. The summed E-state index contributed by atoms with van der Waals surface area (Å²) in [6.07, 6.45) is 13.7. The van der Waals surface area contributed by atoms with Crippen LogP contribution in [0.2, 0.25) is 0 Å². The molecular weight excluding hydrogens is 234 g/mol. The lowest BCUT2D eigenvalue weighted by atomic mass is 9.78. The molecule has 1 atom stereocenters. The Balaban J connectivity index is 2.15. The Morgan fingerprint density at radius 3 is 2.16 bits per heavy atom. The largest absolute Gasteiger partial charge is 0.374 e. The molecule has 0 aromatic rings. The molecule has 0 radical (unpaired) electrons. The van der Waals surface area contributed by atoms with Gasteiger partial charge in [-0.1, -0.05) is 45.4 Å². The molecule has 0 aromatic carbocycles. The van der Waals surface area contributed by atoms with Gasteiger partial charge in [-0.25, -0.2) is 0 Å². The highest BCUT2D eigenvalue weighted by Gasteiger charge is 2.43. The maximum absolute atomic E-state index is 6.42. The summed E-state index contributed by atoms with van der Waals surface area (Å²) in [7, 11) is 0. The van der Waals surface area contributed by atoms with Crippen LogP contribution in [0.3, 0.4) is 0 Å². The van der Waals surface area contributed by atoms with E-state index in [0.717, 1.165) is 19.1 Å². The minimum Gasteiger partial charge on any atom is -0.374 e. The van der Waals surface area contributed by atoms with Gasteiger partial charge in [0.15, 0.2) is 0 Å². The molecule has 112 valence electrons. The average Bonchev–Trinajstić information content (AvgIpc) is 2.83. The van der Waals surface area contributed by atoms with Crippen LogP contribution in [0.5, 0.6) is 0 Å². The zero-order valence-corrected chi connectivity index (χ0v) is 13.0. The molecule has 2 nitrogen and oxygen atoms in total. The highest BCUT2D eigenvalue weighted by atomic mass is 16.5. The number of rotatable bonds is 6. The topological polar surface area (TPSA) is 21.3 Å². The molecule has 2 fully saturated rings. The SMILES string of the molecule is CCNC(C1CCCC1)C1(OCC)CCCCCC1. The molecule has 0 aromatic heterocycles. The zero-order chi connectivity index (χ0) is 13.6. The highest BCUT2D eigenvalue weighted by Crippen LogP contribution is 2.40. The van der Waals surface area contributed by atoms with Gasteiger partial charge in [0.25, 0.3) is 0 Å². The van der Waals surface area contributed by atoms with Crippen molar-refractivity contribution in [2.24, 2.45) is 5.92 Å². The molecule has 0 aliphatic heterocycles. The van der Waals surface area contributed by atoms with Gasteiger partial charge in [-0.05, 0) is 45.1 Å². The summed E-state index contributed by atoms with van der Waals surface area (Å²) in [4.78, 5) is 0. The molecule has 0 bridgehead atoms. The van der Waals surface area contributed by atoms with Crippen LogP contribution >= 0.6 is 0 Å². The molecular formula is C17H33NO. The van der Waals surface area contributed by atoms with Crippen LogP contribution in [0.1, 0.15) is 78.1 Å². The predicted octanol–water partition coefficient (Wildman–Crippen LogP) is 4.28. The van der Waals surface area contributed by atoms with E-state index in [9.17, 15) is 0 Å². The lowest BCUT2D eigenvalue weighted by Crippen LogP contribution is -2.55. The monoisotopic (exact) mass is 267 g/mol. The first-order chi connectivity index (χ1) is 9.32. The maximum Gasteiger partial charge on any atom is 0.0837 e. The Bertz CT molecular complexity index is 240. The van der Waals surface area contributed by atoms with E-state index in [1.54, 1.807) is 0 Å². The fourth-order valence-electron chi connectivity index (χ4n) is 4.45. The van der Waals surface area contributed by atoms with Crippen LogP contribution in [-0.2, 0) is 4.74 Å². The van der Waals surface area contributed by atoms with Crippen molar-refractivity contribution in [1.29, 1.82) is 0 Å². The highest BCUT2D eigenvalue weighted by molar-refractivity contribution is 4.99. The van der Waals surface area contributed by atoms with Gasteiger partial charge in [-0.15, -0.1) is 0 Å². The van der Waals surface area contributed by atoms with Crippen molar-refractivity contribution >= 4 is 0 Å². The van der Waals surface area contributed by atoms with E-state index in [2.05, 4.69) is 19.2 Å². The molecule has 19 heavy (non-hydrogen) atoms. The minimum atomic E-state index is 0.135. The Labute approximate surface area is 119 Å². The third-order valence-corrected chi connectivity index (χ3v) is 5.24. The number of hydrogen-bond donors (Lipinski definition) is 1. The summed E-state index contributed by atoms with van der Waals surface area (Å²) in [5.41, 5.74) is 0.135. The number of likely N-dealkylation sites (N-methyl/N-ethyl adjacent to an activating group) is 1. The summed E-state index contributed by atoms with van der Waals surface area (Å²) in [5, 5.41) is 3.82. The summed E-state index contributed by atoms with van der Waals surface area (Å²) in [6.45, 7) is 6.37. The Kier molecular flexibility index (Phi) is 6.15. The molecule has 1 unspecified atom stereocenters. The van der Waals surface area contributed by atoms with Gasteiger partial charge < -0.3 is 10.1 Å². The van der Waals surface area contributed by atoms with Gasteiger partial charge in [0.05, 0.1) is 5.60 Å². The van der Waals surface area contributed by atoms with Crippen molar-refractivity contribution in [2.75, 3.05) is 13.2 Å². The Morgan fingerprint density at radius 2 is 1.63 bits per heavy atom. The second-order valence-corrected chi connectivity index (χ2v) is 6.49. The molecule has 2 aliphatic carbocycles. The minimum absolute atomic E-state index is 0.135. The first-order valence-electron chi connectivity index (χ1n) is 8.69. The van der Waals surface area contributed by atoms with Gasteiger partial charge in [-0.3, -0.25) is 0 Å². The molecule has 2 aliphatic rings. The van der Waals surface area contributed by atoms with Gasteiger partial charge in [0, 0.05) is 12.6 Å². The summed E-state index contributed by atoms with van der Waals surface area (Å²) in [5.74, 6) is 0.851. The van der Waals surface area contributed by atoms with E-state index >= 15 is 0 Å². The normalized spacial score (nSPS) is 26.2. The van der Waals surface area contributed by atoms with Crippen molar-refractivity contribution in [3.8, 4) is 0 Å². The van der Waals surface area contributed by atoms with Gasteiger partial charge in [-0.2, -0.15) is 0 Å². The third kappa shape index (κ3) is 3.72. The van der Waals surface area contributed by atoms with Crippen LogP contribution in [0.4, 0.5) is 0 Å². The van der Waals surface area contributed by atoms with Crippen molar-refractivity contribution in [1.82, 2.24) is 5.32 Å². The second kappa shape index (κ2) is 7.64. The van der Waals surface area contributed by atoms with Gasteiger partial charge >= 0.3 is 0 Å². The Morgan fingerprint density at radius 1 is 1.00 bits per heavy atom. The third-order valence-electron chi connectivity index (χ3n) is 5.24. The van der Waals surface area contributed by atoms with Crippen molar-refractivity contribution in [2.45, 2.75) is 89.7 Å². The van der Waals surface area contributed by atoms with E-state index in [1.807, 2.05) is 0 Å². The fraction of sp³-hybridized carbons (Fsp3) is 1.00. The smallest absolute Gasteiger partial charge is 0.0837 e. The van der Waals surface area contributed by atoms with E-state index in [-0.39, 0.29) is 5.60 Å². The van der Waals surface area contributed by atoms with Gasteiger partial charge in [0.2, 0.25) is 0 Å². The number of hydrogen-bond acceptors (Lipinski definition) is 2. The van der Waals surface area contributed by atoms with Crippen LogP contribution in [-0.4, -0.2) is 24.8 Å². The first kappa shape index (κ1) is 15.3. The van der Waals surface area contributed by atoms with Crippen LogP contribution in [0.15, 0.2) is 0 Å². The lowest BCUT2D eigenvalue weighted by molar-refractivity contribution is -0.0892. The molecule has 2 heteroatoms. The van der Waals surface area contributed by atoms with Crippen LogP contribution in [0.25, 0.3) is 0 Å². The molecule has 0 spiro atoms. The quantitative estimate of drug-likeness (QED) is 0.725. The van der Waals surface area contributed by atoms with Crippen molar-refractivity contribution in [3.05, 3.63) is 0 Å². The van der Waals surface area contributed by atoms with Crippen LogP contribution < -0.4 is 5.32 Å². The Hall–Kier alpha value is -0.0800. The molecule has 2 rings (SSSR count). The van der Waals surface area contributed by atoms with Crippen LogP contribution in [0, 0.1) is 5.92 Å². The predicted molar refractivity (Wildman–Crippen MR) is 81.5 cm³/mol. The molecule has 0 amide bonds. The van der Waals surface area contributed by atoms with Crippen molar-refractivity contribution in [3.63, 3.8) is 0 Å². The fourth-order valence-corrected chi connectivity index (χ4v) is 4.45. The molecule has 0 heterocycles. The number of nitrogens with one attached hydrogen (secondary N) is 1. The van der Waals surface area contributed by atoms with Crippen molar-refractivity contribution < 1.29 is 4.74 Å². The summed E-state index contributed by atoms with van der Waals surface area (Å²) >= 11 is 0. The molecule has 1 N–H and O–H groups in total. The summed E-state index contributed by atoms with van der Waals surface area (Å²) in [6, 6.07) is 0.595. The first-order valence-corrected chi connectivity index (χ1v) is 8.69. The summed E-state index contributed by atoms with van der Waals surface area (Å²) < 4.78 is 6.42. The van der Waals surface area contributed by atoms with E-state index < -0.39 is 0 Å². The van der Waals surface area contributed by atoms with E-state index in [1.165, 1.54) is 64.2 Å².